The highest BCUT2D eigenvalue weighted by molar-refractivity contribution is 7.10. The molecule has 1 rings (SSSR count). The Morgan fingerprint density at radius 3 is 2.62 bits per heavy atom. The summed E-state index contributed by atoms with van der Waals surface area (Å²) in [6.07, 6.45) is 1.09. The zero-order valence-electron chi connectivity index (χ0n) is 8.50. The van der Waals surface area contributed by atoms with Crippen LogP contribution in [0.5, 0.6) is 0 Å². The van der Waals surface area contributed by atoms with Crippen LogP contribution in [0.3, 0.4) is 0 Å². The Labute approximate surface area is 84.1 Å². The SMILES string of the molecule is Cc1sccc1C(CC(C)C)NN. The summed E-state index contributed by atoms with van der Waals surface area (Å²) in [5.74, 6) is 6.20. The molecular formula is C10H18N2S. The highest BCUT2D eigenvalue weighted by atomic mass is 32.1. The van der Waals surface area contributed by atoms with Gasteiger partial charge in [0.2, 0.25) is 0 Å². The Bertz CT molecular complexity index is 255. The molecule has 0 fully saturated rings. The van der Waals surface area contributed by atoms with Gasteiger partial charge in [-0.1, -0.05) is 13.8 Å². The van der Waals surface area contributed by atoms with E-state index in [2.05, 4.69) is 37.6 Å². The van der Waals surface area contributed by atoms with E-state index in [1.807, 2.05) is 0 Å². The number of rotatable bonds is 4. The zero-order valence-corrected chi connectivity index (χ0v) is 9.32. The molecular weight excluding hydrogens is 180 g/mol. The molecule has 0 bridgehead atoms. The first-order chi connectivity index (χ1) is 6.15. The van der Waals surface area contributed by atoms with E-state index in [4.69, 9.17) is 5.84 Å². The summed E-state index contributed by atoms with van der Waals surface area (Å²) in [6.45, 7) is 6.57. The molecule has 0 aromatic carbocycles. The van der Waals surface area contributed by atoms with Gasteiger partial charge in [-0.25, -0.2) is 0 Å². The molecule has 0 aliphatic heterocycles. The van der Waals surface area contributed by atoms with Crippen LogP contribution in [0.1, 0.15) is 36.8 Å². The predicted molar refractivity (Wildman–Crippen MR) is 58.6 cm³/mol. The topological polar surface area (TPSA) is 38.0 Å². The lowest BCUT2D eigenvalue weighted by atomic mass is 9.98. The lowest BCUT2D eigenvalue weighted by Gasteiger charge is -2.17. The van der Waals surface area contributed by atoms with Gasteiger partial charge in [-0.05, 0) is 36.3 Å². The fourth-order valence-corrected chi connectivity index (χ4v) is 2.28. The van der Waals surface area contributed by atoms with Crippen molar-refractivity contribution in [1.82, 2.24) is 5.43 Å². The molecule has 0 amide bonds. The first kappa shape index (κ1) is 10.7. The van der Waals surface area contributed by atoms with Crippen LogP contribution in [0.15, 0.2) is 11.4 Å². The molecule has 0 aliphatic rings. The molecule has 0 spiro atoms. The first-order valence-corrected chi connectivity index (χ1v) is 5.53. The van der Waals surface area contributed by atoms with E-state index >= 15 is 0 Å². The number of nitrogens with one attached hydrogen (secondary N) is 1. The summed E-state index contributed by atoms with van der Waals surface area (Å²) in [4.78, 5) is 1.36. The lowest BCUT2D eigenvalue weighted by molar-refractivity contribution is 0.438. The molecule has 1 unspecified atom stereocenters. The highest BCUT2D eigenvalue weighted by Gasteiger charge is 2.14. The second-order valence-corrected chi connectivity index (χ2v) is 4.90. The molecule has 3 heteroatoms. The van der Waals surface area contributed by atoms with Crippen LogP contribution in [-0.4, -0.2) is 0 Å². The third-order valence-corrected chi connectivity index (χ3v) is 3.04. The van der Waals surface area contributed by atoms with Crippen molar-refractivity contribution >= 4 is 11.3 Å². The van der Waals surface area contributed by atoms with Crippen LogP contribution in [0, 0.1) is 12.8 Å². The van der Waals surface area contributed by atoms with Gasteiger partial charge in [-0.15, -0.1) is 11.3 Å². The molecule has 0 saturated carbocycles. The van der Waals surface area contributed by atoms with E-state index < -0.39 is 0 Å². The van der Waals surface area contributed by atoms with Gasteiger partial charge >= 0.3 is 0 Å². The normalized spacial score (nSPS) is 13.6. The van der Waals surface area contributed by atoms with Crippen molar-refractivity contribution in [2.24, 2.45) is 11.8 Å². The second-order valence-electron chi connectivity index (χ2n) is 3.78. The van der Waals surface area contributed by atoms with Crippen molar-refractivity contribution in [3.8, 4) is 0 Å². The van der Waals surface area contributed by atoms with Crippen molar-refractivity contribution < 1.29 is 0 Å². The van der Waals surface area contributed by atoms with Crippen molar-refractivity contribution in [2.45, 2.75) is 33.2 Å². The first-order valence-electron chi connectivity index (χ1n) is 4.65. The monoisotopic (exact) mass is 198 g/mol. The van der Waals surface area contributed by atoms with Crippen LogP contribution in [-0.2, 0) is 0 Å². The minimum Gasteiger partial charge on any atom is -0.271 e. The smallest absolute Gasteiger partial charge is 0.0473 e. The average molecular weight is 198 g/mol. The van der Waals surface area contributed by atoms with Crippen LogP contribution >= 0.6 is 11.3 Å². The molecule has 1 atom stereocenters. The van der Waals surface area contributed by atoms with Gasteiger partial charge in [-0.2, -0.15) is 0 Å². The Hall–Kier alpha value is -0.380. The summed E-state index contributed by atoms with van der Waals surface area (Å²) in [5.41, 5.74) is 4.23. The molecule has 0 radical (unpaired) electrons. The summed E-state index contributed by atoms with van der Waals surface area (Å²) in [6, 6.07) is 2.47. The second kappa shape index (κ2) is 4.74. The molecule has 1 aromatic rings. The van der Waals surface area contributed by atoms with E-state index in [0.29, 0.717) is 12.0 Å². The average Bonchev–Trinajstić information content (AvgIpc) is 2.47. The molecule has 3 N–H and O–H groups in total. The van der Waals surface area contributed by atoms with Crippen molar-refractivity contribution in [3.05, 3.63) is 21.9 Å². The van der Waals surface area contributed by atoms with E-state index in [1.165, 1.54) is 10.4 Å². The van der Waals surface area contributed by atoms with Gasteiger partial charge in [0, 0.05) is 10.9 Å². The van der Waals surface area contributed by atoms with Gasteiger partial charge < -0.3 is 0 Å². The van der Waals surface area contributed by atoms with Crippen LogP contribution in [0.2, 0.25) is 0 Å². The maximum atomic E-state index is 5.54. The number of hydrogen-bond acceptors (Lipinski definition) is 3. The fourth-order valence-electron chi connectivity index (χ4n) is 1.51. The number of hydrogen-bond donors (Lipinski definition) is 2. The predicted octanol–water partition coefficient (Wildman–Crippen LogP) is 2.61. The molecule has 13 heavy (non-hydrogen) atoms. The van der Waals surface area contributed by atoms with E-state index in [1.54, 1.807) is 11.3 Å². The summed E-state index contributed by atoms with van der Waals surface area (Å²) >= 11 is 1.78. The maximum absolute atomic E-state index is 5.54. The molecule has 0 saturated heterocycles. The van der Waals surface area contributed by atoms with Gasteiger partial charge in [0.25, 0.3) is 0 Å². The maximum Gasteiger partial charge on any atom is 0.0473 e. The quantitative estimate of drug-likeness (QED) is 0.576. The standard InChI is InChI=1S/C10H18N2S/c1-7(2)6-10(12-11)9-4-5-13-8(9)3/h4-5,7,10,12H,6,11H2,1-3H3. The van der Waals surface area contributed by atoms with E-state index in [-0.39, 0.29) is 0 Å². The van der Waals surface area contributed by atoms with E-state index in [9.17, 15) is 0 Å². The zero-order chi connectivity index (χ0) is 9.84. The Morgan fingerprint density at radius 1 is 1.54 bits per heavy atom. The lowest BCUT2D eigenvalue weighted by Crippen LogP contribution is -2.29. The van der Waals surface area contributed by atoms with Gasteiger partial charge in [0.1, 0.15) is 0 Å². The van der Waals surface area contributed by atoms with Crippen LogP contribution < -0.4 is 11.3 Å². The number of thiophene rings is 1. The molecule has 74 valence electrons. The van der Waals surface area contributed by atoms with Crippen LogP contribution in [0.4, 0.5) is 0 Å². The van der Waals surface area contributed by atoms with Gasteiger partial charge in [-0.3, -0.25) is 11.3 Å². The Balaban J connectivity index is 2.72. The fraction of sp³-hybridized carbons (Fsp3) is 0.600. The number of aryl methyl sites for hydroxylation is 1. The third-order valence-electron chi connectivity index (χ3n) is 2.18. The van der Waals surface area contributed by atoms with Crippen molar-refractivity contribution in [1.29, 1.82) is 0 Å². The summed E-state index contributed by atoms with van der Waals surface area (Å²) < 4.78 is 0. The molecule has 1 heterocycles. The van der Waals surface area contributed by atoms with Gasteiger partial charge in [0.05, 0.1) is 0 Å². The van der Waals surface area contributed by atoms with Crippen LogP contribution in [0.25, 0.3) is 0 Å². The third kappa shape index (κ3) is 2.79. The van der Waals surface area contributed by atoms with Gasteiger partial charge in [0.15, 0.2) is 0 Å². The minimum absolute atomic E-state index is 0.311. The largest absolute Gasteiger partial charge is 0.271 e. The van der Waals surface area contributed by atoms with E-state index in [0.717, 1.165) is 6.42 Å². The highest BCUT2D eigenvalue weighted by Crippen LogP contribution is 2.26. The Morgan fingerprint density at radius 2 is 2.23 bits per heavy atom. The Kier molecular flexibility index (Phi) is 3.90. The molecule has 1 aromatic heterocycles. The number of hydrazine groups is 1. The number of nitrogens with two attached hydrogens (primary N) is 1. The molecule has 0 aliphatic carbocycles. The minimum atomic E-state index is 0.311. The summed E-state index contributed by atoms with van der Waals surface area (Å²) in [5, 5.41) is 2.12. The van der Waals surface area contributed by atoms with Crippen molar-refractivity contribution in [3.63, 3.8) is 0 Å². The summed E-state index contributed by atoms with van der Waals surface area (Å²) in [7, 11) is 0. The van der Waals surface area contributed by atoms with Crippen molar-refractivity contribution in [2.75, 3.05) is 0 Å². The molecule has 2 nitrogen and oxygen atoms in total.